The zero-order valence-electron chi connectivity index (χ0n) is 10.8. The van der Waals surface area contributed by atoms with E-state index in [1.165, 1.54) is 18.3 Å². The molecule has 4 nitrogen and oxygen atoms in total. The number of phenolic OH excluding ortho intramolecular Hbond substituents is 1. The van der Waals surface area contributed by atoms with Crippen molar-refractivity contribution in [3.63, 3.8) is 0 Å². The molecular weight excluding hydrogens is 553 g/mol. The summed E-state index contributed by atoms with van der Waals surface area (Å²) in [5.41, 5.74) is 3.14. The average molecular weight is 561 g/mol. The first kappa shape index (κ1) is 17.8. The predicted molar refractivity (Wildman–Crippen MR) is 105 cm³/mol. The van der Waals surface area contributed by atoms with E-state index in [0.717, 1.165) is 3.57 Å². The number of carbonyl (C=O) groups is 1. The van der Waals surface area contributed by atoms with Crippen molar-refractivity contribution in [2.24, 2.45) is 5.10 Å². The SMILES string of the molecule is O=C(N/N=C/c1cc(I)cc(I)c1O)c1ccc(Cl)cc1Cl. The molecule has 0 heterocycles. The van der Waals surface area contributed by atoms with Crippen LogP contribution < -0.4 is 5.43 Å². The van der Waals surface area contributed by atoms with E-state index >= 15 is 0 Å². The van der Waals surface area contributed by atoms with Crippen molar-refractivity contribution in [1.29, 1.82) is 0 Å². The summed E-state index contributed by atoms with van der Waals surface area (Å²) in [6.07, 6.45) is 1.38. The summed E-state index contributed by atoms with van der Waals surface area (Å²) in [6.45, 7) is 0. The lowest BCUT2D eigenvalue weighted by atomic mass is 10.2. The standard InChI is InChI=1S/C14H8Cl2I2N2O2/c15-8-1-2-10(11(16)4-8)14(22)20-19-6-7-3-9(17)5-12(18)13(7)21/h1-6,21H,(H,20,22)/b19-6+. The van der Waals surface area contributed by atoms with Gasteiger partial charge >= 0.3 is 0 Å². The molecule has 22 heavy (non-hydrogen) atoms. The maximum absolute atomic E-state index is 12.0. The number of hydrazone groups is 1. The molecule has 0 spiro atoms. The van der Waals surface area contributed by atoms with Crippen LogP contribution in [0.2, 0.25) is 10.0 Å². The highest BCUT2D eigenvalue weighted by atomic mass is 127. The molecule has 0 atom stereocenters. The summed E-state index contributed by atoms with van der Waals surface area (Å²) in [6, 6.07) is 8.15. The molecule has 8 heteroatoms. The molecule has 0 bridgehead atoms. The smallest absolute Gasteiger partial charge is 0.272 e. The van der Waals surface area contributed by atoms with Crippen LogP contribution in [0.5, 0.6) is 5.75 Å². The molecule has 2 aromatic carbocycles. The van der Waals surface area contributed by atoms with Gasteiger partial charge in [0, 0.05) is 14.2 Å². The number of rotatable bonds is 3. The Bertz CT molecular complexity index is 767. The number of halogens is 4. The molecule has 0 saturated heterocycles. The zero-order valence-corrected chi connectivity index (χ0v) is 16.6. The summed E-state index contributed by atoms with van der Waals surface area (Å²) in [5, 5.41) is 14.5. The Balaban J connectivity index is 2.14. The van der Waals surface area contributed by atoms with Crippen LogP contribution in [-0.2, 0) is 0 Å². The van der Waals surface area contributed by atoms with Gasteiger partial charge < -0.3 is 5.11 Å². The molecule has 0 aliphatic carbocycles. The minimum atomic E-state index is -0.460. The minimum absolute atomic E-state index is 0.114. The van der Waals surface area contributed by atoms with Gasteiger partial charge in [-0.25, -0.2) is 5.43 Å². The van der Waals surface area contributed by atoms with Gasteiger partial charge in [-0.1, -0.05) is 23.2 Å². The predicted octanol–water partition coefficient (Wildman–Crippen LogP) is 4.67. The maximum atomic E-state index is 12.0. The van der Waals surface area contributed by atoms with Gasteiger partial charge in [-0.2, -0.15) is 5.10 Å². The van der Waals surface area contributed by atoms with Crippen LogP contribution in [0.1, 0.15) is 15.9 Å². The average Bonchev–Trinajstić information content (AvgIpc) is 2.43. The fraction of sp³-hybridized carbons (Fsp3) is 0. The Kier molecular flexibility index (Phi) is 6.30. The third kappa shape index (κ3) is 4.46. The minimum Gasteiger partial charge on any atom is -0.506 e. The van der Waals surface area contributed by atoms with Gasteiger partial charge in [0.2, 0.25) is 0 Å². The van der Waals surface area contributed by atoms with Crippen LogP contribution in [0.15, 0.2) is 35.4 Å². The first-order valence-corrected chi connectivity index (χ1v) is 8.76. The number of amides is 1. The number of nitrogens with zero attached hydrogens (tertiary/aromatic N) is 1. The van der Waals surface area contributed by atoms with Gasteiger partial charge in [-0.15, -0.1) is 0 Å². The van der Waals surface area contributed by atoms with E-state index in [0.29, 0.717) is 14.2 Å². The molecule has 0 aromatic heterocycles. The van der Waals surface area contributed by atoms with E-state index in [4.69, 9.17) is 23.2 Å². The highest BCUT2D eigenvalue weighted by molar-refractivity contribution is 14.1. The topological polar surface area (TPSA) is 61.7 Å². The van der Waals surface area contributed by atoms with Crippen molar-refractivity contribution in [2.75, 3.05) is 0 Å². The largest absolute Gasteiger partial charge is 0.506 e. The summed E-state index contributed by atoms with van der Waals surface area (Å²) >= 11 is 15.9. The summed E-state index contributed by atoms with van der Waals surface area (Å²) in [5.74, 6) is -0.346. The second-order valence-electron chi connectivity index (χ2n) is 4.15. The molecule has 0 unspecified atom stereocenters. The van der Waals surface area contributed by atoms with Crippen molar-refractivity contribution < 1.29 is 9.90 Å². The maximum Gasteiger partial charge on any atom is 0.272 e. The number of phenols is 1. The fourth-order valence-corrected chi connectivity index (χ4v) is 3.96. The molecule has 114 valence electrons. The number of hydrogen-bond acceptors (Lipinski definition) is 3. The van der Waals surface area contributed by atoms with Gasteiger partial charge in [0.15, 0.2) is 0 Å². The van der Waals surface area contributed by atoms with Gasteiger partial charge in [-0.3, -0.25) is 4.79 Å². The van der Waals surface area contributed by atoms with E-state index in [-0.39, 0.29) is 16.3 Å². The van der Waals surface area contributed by atoms with Crippen LogP contribution in [0.25, 0.3) is 0 Å². The van der Waals surface area contributed by atoms with E-state index in [9.17, 15) is 9.90 Å². The lowest BCUT2D eigenvalue weighted by Crippen LogP contribution is -2.18. The fourth-order valence-electron chi connectivity index (χ4n) is 1.58. The molecule has 0 fully saturated rings. The Morgan fingerprint density at radius 2 is 1.95 bits per heavy atom. The number of hydrogen-bond donors (Lipinski definition) is 2. The first-order valence-electron chi connectivity index (χ1n) is 5.85. The van der Waals surface area contributed by atoms with Crippen LogP contribution in [0.4, 0.5) is 0 Å². The summed E-state index contributed by atoms with van der Waals surface area (Å²) in [7, 11) is 0. The van der Waals surface area contributed by atoms with Crippen molar-refractivity contribution >= 4 is 80.5 Å². The Morgan fingerprint density at radius 1 is 1.23 bits per heavy atom. The van der Waals surface area contributed by atoms with Crippen LogP contribution in [-0.4, -0.2) is 17.2 Å². The molecule has 1 amide bonds. The summed E-state index contributed by atoms with van der Waals surface area (Å²) in [4.78, 5) is 12.0. The Hall–Kier alpha value is -0.580. The number of nitrogens with one attached hydrogen (secondary N) is 1. The molecule has 2 rings (SSSR count). The van der Waals surface area contributed by atoms with E-state index in [1.807, 2.05) is 28.7 Å². The van der Waals surface area contributed by atoms with Gasteiger partial charge in [-0.05, 0) is 75.5 Å². The highest BCUT2D eigenvalue weighted by Crippen LogP contribution is 2.25. The summed E-state index contributed by atoms with van der Waals surface area (Å²) < 4.78 is 1.66. The molecule has 0 saturated carbocycles. The third-order valence-corrected chi connectivity index (χ3v) is 4.60. The van der Waals surface area contributed by atoms with E-state index in [1.54, 1.807) is 12.1 Å². The van der Waals surface area contributed by atoms with E-state index < -0.39 is 5.91 Å². The monoisotopic (exact) mass is 560 g/mol. The lowest BCUT2D eigenvalue weighted by Gasteiger charge is -2.04. The quantitative estimate of drug-likeness (QED) is 0.326. The normalized spacial score (nSPS) is 10.9. The third-order valence-electron chi connectivity index (χ3n) is 2.60. The molecule has 2 aromatic rings. The Labute approximate surface area is 164 Å². The lowest BCUT2D eigenvalue weighted by molar-refractivity contribution is 0.0955. The van der Waals surface area contributed by atoms with Crippen LogP contribution in [0.3, 0.4) is 0 Å². The van der Waals surface area contributed by atoms with Crippen molar-refractivity contribution in [1.82, 2.24) is 5.43 Å². The number of carbonyl (C=O) groups excluding carboxylic acids is 1. The van der Waals surface area contributed by atoms with Crippen molar-refractivity contribution in [3.8, 4) is 5.75 Å². The molecule has 2 N–H and O–H groups in total. The Morgan fingerprint density at radius 3 is 2.64 bits per heavy atom. The van der Waals surface area contributed by atoms with Crippen LogP contribution >= 0.6 is 68.4 Å². The van der Waals surface area contributed by atoms with Gasteiger partial charge in [0.05, 0.1) is 20.4 Å². The highest BCUT2D eigenvalue weighted by Gasteiger charge is 2.10. The second kappa shape index (κ2) is 7.80. The van der Waals surface area contributed by atoms with E-state index in [2.05, 4.69) is 33.1 Å². The molecule has 0 radical (unpaired) electrons. The first-order chi connectivity index (χ1) is 10.4. The molecule has 0 aliphatic rings. The van der Waals surface area contributed by atoms with Crippen molar-refractivity contribution in [2.45, 2.75) is 0 Å². The molecular formula is C14H8Cl2I2N2O2. The molecule has 0 aliphatic heterocycles. The second-order valence-corrected chi connectivity index (χ2v) is 7.40. The zero-order chi connectivity index (χ0) is 16.3. The van der Waals surface area contributed by atoms with Crippen LogP contribution in [0, 0.1) is 7.14 Å². The van der Waals surface area contributed by atoms with Crippen molar-refractivity contribution in [3.05, 3.63) is 58.6 Å². The number of aromatic hydroxyl groups is 1. The number of benzene rings is 2. The van der Waals surface area contributed by atoms with Gasteiger partial charge in [0.1, 0.15) is 5.75 Å². The van der Waals surface area contributed by atoms with Gasteiger partial charge in [0.25, 0.3) is 5.91 Å².